The summed E-state index contributed by atoms with van der Waals surface area (Å²) in [6.07, 6.45) is 1.48. The monoisotopic (exact) mass is 405 g/mol. The minimum Gasteiger partial charge on any atom is -0.438 e. The van der Waals surface area contributed by atoms with E-state index < -0.39 is 11.2 Å². The highest BCUT2D eigenvalue weighted by Crippen LogP contribution is 2.34. The van der Waals surface area contributed by atoms with Crippen LogP contribution in [0, 0.1) is 20.8 Å². The van der Waals surface area contributed by atoms with E-state index in [0.717, 1.165) is 11.1 Å². The number of rotatable bonds is 3. The van der Waals surface area contributed by atoms with Gasteiger partial charge in [0.2, 0.25) is 5.88 Å². The van der Waals surface area contributed by atoms with Gasteiger partial charge in [-0.05, 0) is 50.1 Å². The lowest BCUT2D eigenvalue weighted by atomic mass is 10.0. The number of pyridine rings is 1. The molecule has 0 amide bonds. The Morgan fingerprint density at radius 3 is 2.48 bits per heavy atom. The Bertz CT molecular complexity index is 1130. The van der Waals surface area contributed by atoms with Gasteiger partial charge in [0, 0.05) is 24.4 Å². The highest BCUT2D eigenvalue weighted by molar-refractivity contribution is 6.36. The molecule has 1 N–H and O–H groups in total. The SMILES string of the molecule is Cc1cc(Oc2ncc(Cl)c(C)c2Cl)ccc1-c1c(C)c(=O)[nH]c(=O)n1C. The molecule has 0 bridgehead atoms. The second-order valence-corrected chi connectivity index (χ2v) is 7.01. The predicted molar refractivity (Wildman–Crippen MR) is 106 cm³/mol. The van der Waals surface area contributed by atoms with Crippen LogP contribution >= 0.6 is 23.2 Å². The van der Waals surface area contributed by atoms with Gasteiger partial charge in [-0.15, -0.1) is 0 Å². The number of halogens is 2. The lowest BCUT2D eigenvalue weighted by molar-refractivity contribution is 0.462. The Labute approximate surface area is 165 Å². The molecule has 0 aliphatic heterocycles. The first-order valence-corrected chi connectivity index (χ1v) is 8.85. The van der Waals surface area contributed by atoms with Crippen LogP contribution in [0.1, 0.15) is 16.7 Å². The molecule has 3 aromatic rings. The van der Waals surface area contributed by atoms with Gasteiger partial charge in [0.25, 0.3) is 5.56 Å². The molecule has 8 heteroatoms. The summed E-state index contributed by atoms with van der Waals surface area (Å²) in [5.74, 6) is 0.783. The predicted octanol–water partition coefficient (Wildman–Crippen LogP) is 4.16. The maximum Gasteiger partial charge on any atom is 0.328 e. The van der Waals surface area contributed by atoms with Crippen molar-refractivity contribution in [3.63, 3.8) is 0 Å². The average Bonchev–Trinajstić information content (AvgIpc) is 2.62. The molecular formula is C19H17Cl2N3O3. The fourth-order valence-corrected chi connectivity index (χ4v) is 3.18. The summed E-state index contributed by atoms with van der Waals surface area (Å²) < 4.78 is 7.20. The van der Waals surface area contributed by atoms with Crippen molar-refractivity contribution in [3.8, 4) is 22.9 Å². The third-order valence-corrected chi connectivity index (χ3v) is 5.22. The Balaban J connectivity index is 2.05. The number of ether oxygens (including phenoxy) is 1. The quantitative estimate of drug-likeness (QED) is 0.709. The molecule has 0 spiro atoms. The first kappa shape index (κ1) is 19.2. The summed E-state index contributed by atoms with van der Waals surface area (Å²) in [4.78, 5) is 30.3. The largest absolute Gasteiger partial charge is 0.438 e. The molecule has 0 aliphatic rings. The highest BCUT2D eigenvalue weighted by Gasteiger charge is 2.15. The number of hydrogen-bond acceptors (Lipinski definition) is 4. The second-order valence-electron chi connectivity index (χ2n) is 6.22. The van der Waals surface area contributed by atoms with Crippen molar-refractivity contribution in [2.75, 3.05) is 0 Å². The van der Waals surface area contributed by atoms with E-state index in [1.165, 1.54) is 10.8 Å². The molecule has 27 heavy (non-hydrogen) atoms. The first-order chi connectivity index (χ1) is 12.7. The van der Waals surface area contributed by atoms with Gasteiger partial charge < -0.3 is 4.74 Å². The van der Waals surface area contributed by atoms with Gasteiger partial charge in [-0.3, -0.25) is 14.3 Å². The van der Waals surface area contributed by atoms with Crippen molar-refractivity contribution >= 4 is 23.2 Å². The van der Waals surface area contributed by atoms with E-state index >= 15 is 0 Å². The number of H-pyrrole nitrogens is 1. The number of nitrogens with one attached hydrogen (secondary N) is 1. The van der Waals surface area contributed by atoms with Crippen LogP contribution in [0.5, 0.6) is 11.6 Å². The zero-order valence-corrected chi connectivity index (χ0v) is 16.7. The molecule has 0 aliphatic carbocycles. The number of aryl methyl sites for hydroxylation is 1. The average molecular weight is 406 g/mol. The van der Waals surface area contributed by atoms with Gasteiger partial charge in [-0.2, -0.15) is 0 Å². The highest BCUT2D eigenvalue weighted by atomic mass is 35.5. The molecule has 0 unspecified atom stereocenters. The van der Waals surface area contributed by atoms with Gasteiger partial charge in [-0.1, -0.05) is 23.2 Å². The summed E-state index contributed by atoms with van der Waals surface area (Å²) in [6, 6.07) is 5.32. The number of nitrogens with zero attached hydrogens (tertiary/aromatic N) is 2. The summed E-state index contributed by atoms with van der Waals surface area (Å²) in [6.45, 7) is 5.33. The van der Waals surface area contributed by atoms with Gasteiger partial charge in [0.05, 0.1) is 10.7 Å². The molecule has 0 saturated carbocycles. The maximum absolute atomic E-state index is 12.0. The summed E-state index contributed by atoms with van der Waals surface area (Å²) in [5, 5.41) is 0.807. The number of benzene rings is 1. The normalized spacial score (nSPS) is 10.9. The fourth-order valence-electron chi connectivity index (χ4n) is 2.80. The van der Waals surface area contributed by atoms with Crippen molar-refractivity contribution < 1.29 is 4.74 Å². The number of hydrogen-bond donors (Lipinski definition) is 1. The summed E-state index contributed by atoms with van der Waals surface area (Å²) in [5.41, 5.74) is 2.44. The maximum atomic E-state index is 12.0. The van der Waals surface area contributed by atoms with Crippen LogP contribution in [0.2, 0.25) is 10.0 Å². The molecule has 0 fully saturated rings. The third kappa shape index (κ3) is 3.50. The van der Waals surface area contributed by atoms with Crippen molar-refractivity contribution in [1.29, 1.82) is 0 Å². The van der Waals surface area contributed by atoms with Crippen LogP contribution in [0.25, 0.3) is 11.3 Å². The molecule has 1 aromatic carbocycles. The van der Waals surface area contributed by atoms with Crippen molar-refractivity contribution in [2.24, 2.45) is 7.05 Å². The van der Waals surface area contributed by atoms with E-state index in [4.69, 9.17) is 27.9 Å². The van der Waals surface area contributed by atoms with Gasteiger partial charge in [0.15, 0.2) is 0 Å². The molecule has 0 atom stereocenters. The Hall–Kier alpha value is -2.57. The van der Waals surface area contributed by atoms with E-state index in [-0.39, 0.29) is 5.88 Å². The van der Waals surface area contributed by atoms with Crippen LogP contribution in [-0.2, 0) is 7.05 Å². The number of aromatic amines is 1. The molecule has 140 valence electrons. The number of aromatic nitrogens is 3. The summed E-state index contributed by atoms with van der Waals surface area (Å²) in [7, 11) is 1.62. The van der Waals surface area contributed by atoms with Crippen molar-refractivity contribution in [1.82, 2.24) is 14.5 Å². The fraction of sp³-hybridized carbons (Fsp3) is 0.211. The molecule has 0 radical (unpaired) electrons. The minimum absolute atomic E-state index is 0.255. The van der Waals surface area contributed by atoms with Crippen LogP contribution in [-0.4, -0.2) is 14.5 Å². The van der Waals surface area contributed by atoms with Gasteiger partial charge in [0.1, 0.15) is 10.8 Å². The lowest BCUT2D eigenvalue weighted by Crippen LogP contribution is -2.31. The topological polar surface area (TPSA) is 77.0 Å². The van der Waals surface area contributed by atoms with Crippen LogP contribution in [0.3, 0.4) is 0 Å². The van der Waals surface area contributed by atoms with Gasteiger partial charge in [-0.25, -0.2) is 9.78 Å². The zero-order chi connectivity index (χ0) is 19.9. The molecule has 6 nitrogen and oxygen atoms in total. The Kier molecular flexibility index (Phi) is 5.13. The van der Waals surface area contributed by atoms with Crippen LogP contribution in [0.15, 0.2) is 34.0 Å². The molecule has 2 aromatic heterocycles. The van der Waals surface area contributed by atoms with E-state index in [0.29, 0.717) is 32.6 Å². The van der Waals surface area contributed by atoms with Crippen LogP contribution in [0.4, 0.5) is 0 Å². The smallest absolute Gasteiger partial charge is 0.328 e. The van der Waals surface area contributed by atoms with E-state index in [1.54, 1.807) is 39.1 Å². The lowest BCUT2D eigenvalue weighted by Gasteiger charge is -2.15. The first-order valence-electron chi connectivity index (χ1n) is 8.10. The molecular weight excluding hydrogens is 389 g/mol. The van der Waals surface area contributed by atoms with E-state index in [9.17, 15) is 9.59 Å². The van der Waals surface area contributed by atoms with E-state index in [1.807, 2.05) is 6.92 Å². The standard InChI is InChI=1S/C19H17Cl2N3O3/c1-9-7-12(27-18-15(21)10(2)14(20)8-22-18)5-6-13(9)16-11(3)17(25)23-19(26)24(16)4/h5-8H,1-4H3,(H,23,25,26). The van der Waals surface area contributed by atoms with E-state index in [2.05, 4.69) is 9.97 Å². The second kappa shape index (κ2) is 7.21. The molecule has 3 rings (SSSR count). The zero-order valence-electron chi connectivity index (χ0n) is 15.2. The summed E-state index contributed by atoms with van der Waals surface area (Å²) >= 11 is 12.2. The third-order valence-electron chi connectivity index (χ3n) is 4.39. The van der Waals surface area contributed by atoms with Crippen molar-refractivity contribution in [2.45, 2.75) is 20.8 Å². The molecule has 0 saturated heterocycles. The Morgan fingerprint density at radius 1 is 1.11 bits per heavy atom. The van der Waals surface area contributed by atoms with Crippen LogP contribution < -0.4 is 16.0 Å². The Morgan fingerprint density at radius 2 is 1.81 bits per heavy atom. The molecule has 2 heterocycles. The van der Waals surface area contributed by atoms with Gasteiger partial charge >= 0.3 is 5.69 Å². The minimum atomic E-state index is -0.465. The van der Waals surface area contributed by atoms with Crippen molar-refractivity contribution in [3.05, 3.63) is 72.0 Å².